The molecule has 1 fully saturated rings. The number of rotatable bonds is 5. The summed E-state index contributed by atoms with van der Waals surface area (Å²) in [6.07, 6.45) is 1.76. The number of fused-ring (bicyclic) bond motifs is 1. The first-order valence-corrected chi connectivity index (χ1v) is 11.8. The molecule has 0 spiro atoms. The van der Waals surface area contributed by atoms with Crippen LogP contribution < -0.4 is 0 Å². The van der Waals surface area contributed by atoms with E-state index in [1.54, 1.807) is 12.1 Å². The molecule has 2 aromatic heterocycles. The Morgan fingerprint density at radius 3 is 2.63 bits per heavy atom. The van der Waals surface area contributed by atoms with Gasteiger partial charge in [-0.25, -0.2) is 4.79 Å². The van der Waals surface area contributed by atoms with Crippen LogP contribution in [0, 0.1) is 13.8 Å². The summed E-state index contributed by atoms with van der Waals surface area (Å²) in [6.45, 7) is 3.96. The number of thioether (sulfide) groups is 1. The van der Waals surface area contributed by atoms with Crippen molar-refractivity contribution in [3.63, 3.8) is 0 Å². The fourth-order valence-electron chi connectivity index (χ4n) is 4.31. The second-order valence-electron chi connectivity index (χ2n) is 8.19. The summed E-state index contributed by atoms with van der Waals surface area (Å²) in [6, 6.07) is 19.4. The van der Waals surface area contributed by atoms with Crippen molar-refractivity contribution in [1.82, 2.24) is 9.47 Å². The average Bonchev–Trinajstić information content (AvgIpc) is 3.51. The van der Waals surface area contributed by atoms with Crippen molar-refractivity contribution in [3.8, 4) is 5.69 Å². The van der Waals surface area contributed by atoms with E-state index in [0.29, 0.717) is 10.7 Å². The van der Waals surface area contributed by atoms with E-state index in [4.69, 9.17) is 4.42 Å². The highest BCUT2D eigenvalue weighted by Gasteiger charge is 2.36. The molecule has 8 heteroatoms. The molecule has 4 aromatic rings. The molecule has 3 heterocycles. The Balaban J connectivity index is 1.44. The maximum Gasteiger partial charge on any atom is 0.373 e. The molecule has 1 saturated heterocycles. The molecule has 0 atom stereocenters. The molecule has 1 aliphatic rings. The number of esters is 1. The highest BCUT2D eigenvalue weighted by atomic mass is 32.2. The van der Waals surface area contributed by atoms with Crippen LogP contribution in [0.25, 0.3) is 22.5 Å². The zero-order chi connectivity index (χ0) is 24.7. The van der Waals surface area contributed by atoms with Gasteiger partial charge in [0, 0.05) is 16.8 Å². The summed E-state index contributed by atoms with van der Waals surface area (Å²) in [7, 11) is 1.25. The highest BCUT2D eigenvalue weighted by Crippen LogP contribution is 2.35. The summed E-state index contributed by atoms with van der Waals surface area (Å²) in [5.74, 6) is -0.674. The zero-order valence-electron chi connectivity index (χ0n) is 19.4. The number of methoxy groups -OCH3 is 1. The number of ether oxygens (including phenoxy) is 1. The third-order valence-corrected chi connectivity index (χ3v) is 6.91. The molecule has 0 saturated carbocycles. The van der Waals surface area contributed by atoms with Gasteiger partial charge in [-0.2, -0.15) is 0 Å². The van der Waals surface area contributed by atoms with E-state index >= 15 is 0 Å². The minimum Gasteiger partial charge on any atom is -0.463 e. The number of aromatic nitrogens is 1. The molecule has 0 radical (unpaired) electrons. The fourth-order valence-corrected chi connectivity index (χ4v) is 5.14. The number of carbonyl (C=O) groups is 3. The molecule has 0 N–H and O–H groups in total. The van der Waals surface area contributed by atoms with E-state index in [-0.39, 0.29) is 17.5 Å². The maximum atomic E-state index is 13.0. The summed E-state index contributed by atoms with van der Waals surface area (Å²) < 4.78 is 12.2. The maximum absolute atomic E-state index is 13.0. The normalized spacial score (nSPS) is 14.9. The lowest BCUT2D eigenvalue weighted by atomic mass is 10.1. The van der Waals surface area contributed by atoms with Gasteiger partial charge in [0.2, 0.25) is 5.76 Å². The Morgan fingerprint density at radius 1 is 1.06 bits per heavy atom. The largest absolute Gasteiger partial charge is 0.463 e. The quantitative estimate of drug-likeness (QED) is 0.259. The van der Waals surface area contributed by atoms with Gasteiger partial charge in [0.15, 0.2) is 0 Å². The van der Waals surface area contributed by atoms with Gasteiger partial charge in [0.05, 0.1) is 24.2 Å². The summed E-state index contributed by atoms with van der Waals surface area (Å²) in [5.41, 5.74) is 3.92. The first kappa shape index (κ1) is 22.7. The zero-order valence-corrected chi connectivity index (χ0v) is 20.2. The van der Waals surface area contributed by atoms with E-state index < -0.39 is 11.9 Å². The van der Waals surface area contributed by atoms with Gasteiger partial charge < -0.3 is 13.7 Å². The number of hydrogen-bond donors (Lipinski definition) is 0. The molecule has 0 unspecified atom stereocenters. The molecule has 176 valence electrons. The van der Waals surface area contributed by atoms with Gasteiger partial charge in [0.1, 0.15) is 5.76 Å². The summed E-state index contributed by atoms with van der Waals surface area (Å²) in [5, 5.41) is 1.89. The highest BCUT2D eigenvalue weighted by molar-refractivity contribution is 8.18. The number of amides is 2. The van der Waals surface area contributed by atoms with Crippen LogP contribution in [0.3, 0.4) is 0 Å². The molecule has 2 amide bonds. The van der Waals surface area contributed by atoms with Crippen molar-refractivity contribution in [1.29, 1.82) is 0 Å². The van der Waals surface area contributed by atoms with Crippen LogP contribution in [-0.2, 0) is 16.1 Å². The number of carbonyl (C=O) groups excluding carboxylic acids is 3. The van der Waals surface area contributed by atoms with Gasteiger partial charge in [-0.1, -0.05) is 36.4 Å². The SMILES string of the molecule is COC(=O)c1ccc(CN2C(=O)S/C(=C/c3cc(C)n(-c4cccc5ccccc45)c3C)C2=O)o1. The van der Waals surface area contributed by atoms with E-state index in [9.17, 15) is 14.4 Å². The van der Waals surface area contributed by atoms with Crippen molar-refractivity contribution in [2.45, 2.75) is 20.4 Å². The van der Waals surface area contributed by atoms with Gasteiger partial charge in [0.25, 0.3) is 11.1 Å². The van der Waals surface area contributed by atoms with Gasteiger partial charge >= 0.3 is 5.97 Å². The van der Waals surface area contributed by atoms with Crippen LogP contribution in [0.1, 0.15) is 33.3 Å². The van der Waals surface area contributed by atoms with Gasteiger partial charge in [-0.05, 0) is 66.9 Å². The first-order valence-electron chi connectivity index (χ1n) is 11.0. The number of imide groups is 1. The third-order valence-electron chi connectivity index (χ3n) is 6.00. The minimum absolute atomic E-state index is 0.0193. The monoisotopic (exact) mass is 486 g/mol. The smallest absolute Gasteiger partial charge is 0.373 e. The third kappa shape index (κ3) is 4.06. The lowest BCUT2D eigenvalue weighted by Gasteiger charge is -2.13. The lowest BCUT2D eigenvalue weighted by molar-refractivity contribution is -0.123. The molecule has 7 nitrogen and oxygen atoms in total. The second kappa shape index (κ2) is 8.96. The Bertz CT molecular complexity index is 1520. The number of nitrogens with zero attached hydrogens (tertiary/aromatic N) is 2. The van der Waals surface area contributed by atoms with Crippen molar-refractivity contribution in [2.24, 2.45) is 0 Å². The predicted octanol–water partition coefficient (Wildman–Crippen LogP) is 5.86. The van der Waals surface area contributed by atoms with Gasteiger partial charge in [-0.15, -0.1) is 0 Å². The second-order valence-corrected chi connectivity index (χ2v) is 9.18. The fraction of sp³-hybridized carbons (Fsp3) is 0.148. The van der Waals surface area contributed by atoms with E-state index in [1.807, 2.05) is 38.1 Å². The molecule has 0 bridgehead atoms. The van der Waals surface area contributed by atoms with Gasteiger partial charge in [-0.3, -0.25) is 14.5 Å². The van der Waals surface area contributed by atoms with E-state index in [1.165, 1.54) is 13.2 Å². The molecule has 1 aliphatic heterocycles. The van der Waals surface area contributed by atoms with Crippen molar-refractivity contribution in [3.05, 3.63) is 94.0 Å². The predicted molar refractivity (Wildman–Crippen MR) is 134 cm³/mol. The van der Waals surface area contributed by atoms with Crippen molar-refractivity contribution >= 4 is 45.7 Å². The number of furan rings is 1. The molecule has 5 rings (SSSR count). The van der Waals surface area contributed by atoms with Crippen LogP contribution in [0.15, 0.2) is 70.0 Å². The Labute approximate surface area is 206 Å². The Hall–Kier alpha value is -4.04. The first-order chi connectivity index (χ1) is 16.9. The van der Waals surface area contributed by atoms with Crippen LogP contribution in [0.2, 0.25) is 0 Å². The van der Waals surface area contributed by atoms with Crippen molar-refractivity contribution in [2.75, 3.05) is 7.11 Å². The van der Waals surface area contributed by atoms with E-state index in [2.05, 4.69) is 33.6 Å². The Kier molecular flexibility index (Phi) is 5.82. The van der Waals surface area contributed by atoms with E-state index in [0.717, 1.165) is 50.1 Å². The molecule has 35 heavy (non-hydrogen) atoms. The average molecular weight is 487 g/mol. The van der Waals surface area contributed by atoms with Crippen molar-refractivity contribution < 1.29 is 23.5 Å². The number of aryl methyl sites for hydroxylation is 1. The Morgan fingerprint density at radius 2 is 1.83 bits per heavy atom. The number of hydrogen-bond acceptors (Lipinski definition) is 6. The van der Waals surface area contributed by atoms with Crippen LogP contribution in [-0.4, -0.2) is 33.7 Å². The minimum atomic E-state index is -0.619. The summed E-state index contributed by atoms with van der Waals surface area (Å²) in [4.78, 5) is 38.7. The van der Waals surface area contributed by atoms with Crippen LogP contribution in [0.4, 0.5) is 4.79 Å². The molecular formula is C27H22N2O5S. The standard InChI is InChI=1S/C27H22N2O5S/c1-16-13-19(17(2)29(16)22-10-6-8-18-7-4-5-9-21(18)22)14-24-25(30)28(27(32)35-24)15-20-11-12-23(34-20)26(31)33-3/h4-14H,15H2,1-3H3/b24-14+. The lowest BCUT2D eigenvalue weighted by Crippen LogP contribution is -2.27. The topological polar surface area (TPSA) is 81.8 Å². The van der Waals surface area contributed by atoms with Crippen LogP contribution in [0.5, 0.6) is 0 Å². The molecular weight excluding hydrogens is 464 g/mol. The molecule has 2 aromatic carbocycles. The molecule has 0 aliphatic carbocycles. The summed E-state index contributed by atoms with van der Waals surface area (Å²) >= 11 is 0.892. The number of benzene rings is 2. The van der Waals surface area contributed by atoms with Crippen LogP contribution >= 0.6 is 11.8 Å².